The van der Waals surface area contributed by atoms with Crippen molar-refractivity contribution in [3.63, 3.8) is 0 Å². The molecule has 40 heavy (non-hydrogen) atoms. The van der Waals surface area contributed by atoms with E-state index >= 15 is 0 Å². The number of imidazole rings is 1. The molecule has 1 aliphatic heterocycles. The molecule has 2 fully saturated rings. The first-order valence-corrected chi connectivity index (χ1v) is 13.3. The highest BCUT2D eigenvalue weighted by atomic mass is 32.1. The number of pyridine rings is 1. The zero-order valence-corrected chi connectivity index (χ0v) is 21.7. The van der Waals surface area contributed by atoms with Gasteiger partial charge in [-0.25, -0.2) is 23.7 Å². The van der Waals surface area contributed by atoms with Crippen LogP contribution in [0.3, 0.4) is 0 Å². The zero-order valence-electron chi connectivity index (χ0n) is 20.9. The van der Waals surface area contributed by atoms with Crippen molar-refractivity contribution < 1.29 is 26.7 Å². The molecule has 1 saturated carbocycles. The summed E-state index contributed by atoms with van der Waals surface area (Å²) in [6.07, 6.45) is 1.13. The Morgan fingerprint density at radius 1 is 1.15 bits per heavy atom. The van der Waals surface area contributed by atoms with Crippen molar-refractivity contribution in [2.75, 3.05) is 23.3 Å². The Bertz CT molecular complexity index is 1540. The highest BCUT2D eigenvalue weighted by Crippen LogP contribution is 2.40. The molecule has 2 aliphatic rings. The van der Waals surface area contributed by atoms with Crippen LogP contribution in [0.4, 0.5) is 33.5 Å². The molecule has 1 amide bonds. The number of nitrogens with one attached hydrogen (secondary N) is 1. The molecule has 0 bridgehead atoms. The molecule has 6 rings (SSSR count). The van der Waals surface area contributed by atoms with Gasteiger partial charge in [-0.15, -0.1) is 21.5 Å². The molecular weight excluding hydrogens is 557 g/mol. The van der Waals surface area contributed by atoms with E-state index in [4.69, 9.17) is 0 Å². The van der Waals surface area contributed by atoms with Crippen LogP contribution < -0.4 is 10.2 Å². The summed E-state index contributed by atoms with van der Waals surface area (Å²) in [5, 5.41) is 11.6. The topological polar surface area (TPSA) is 107 Å². The quantitative estimate of drug-likeness (QED) is 0.295. The number of hydrogen-bond acceptors (Lipinski definition) is 8. The summed E-state index contributed by atoms with van der Waals surface area (Å²) in [4.78, 5) is 27.8. The molecule has 10 nitrogen and oxygen atoms in total. The number of aromatic nitrogens is 7. The van der Waals surface area contributed by atoms with Crippen LogP contribution in [0.25, 0.3) is 16.5 Å². The summed E-state index contributed by atoms with van der Waals surface area (Å²) in [5.74, 6) is -0.919. The van der Waals surface area contributed by atoms with Crippen molar-refractivity contribution in [3.05, 3.63) is 47.9 Å². The Kier molecular flexibility index (Phi) is 6.51. The summed E-state index contributed by atoms with van der Waals surface area (Å²) in [6.45, 7) is 1.32. The molecule has 1 N–H and O–H groups in total. The molecule has 5 heterocycles. The number of carbonyl (C=O) groups excluding carboxylic acids is 1. The zero-order chi connectivity index (χ0) is 28.2. The molecule has 0 unspecified atom stereocenters. The second-order valence-electron chi connectivity index (χ2n) is 9.81. The number of hydrogen-bond donors (Lipinski definition) is 1. The number of amides is 1. The highest BCUT2D eigenvalue weighted by molar-refractivity contribution is 7.13. The van der Waals surface area contributed by atoms with Crippen molar-refractivity contribution in [3.8, 4) is 16.5 Å². The highest BCUT2D eigenvalue weighted by Gasteiger charge is 2.39. The number of anilines is 2. The minimum Gasteiger partial charge on any atom is -0.367 e. The molecule has 0 aromatic carbocycles. The van der Waals surface area contributed by atoms with Gasteiger partial charge in [0.2, 0.25) is 6.43 Å². The second-order valence-corrected chi connectivity index (χ2v) is 10.7. The molecule has 1 aliphatic carbocycles. The third kappa shape index (κ3) is 5.02. The van der Waals surface area contributed by atoms with Crippen molar-refractivity contribution in [2.24, 2.45) is 5.92 Å². The van der Waals surface area contributed by atoms with Gasteiger partial charge in [-0.05, 0) is 25.8 Å². The second kappa shape index (κ2) is 9.91. The normalized spacial score (nSPS) is 16.8. The number of nitrogens with zero attached hydrogens (tertiary/aromatic N) is 8. The van der Waals surface area contributed by atoms with E-state index in [9.17, 15) is 26.7 Å². The first kappa shape index (κ1) is 26.3. The molecule has 4 aromatic heterocycles. The number of carbonyl (C=O) groups is 1. The van der Waals surface area contributed by atoms with Crippen molar-refractivity contribution in [1.82, 2.24) is 34.3 Å². The van der Waals surface area contributed by atoms with Gasteiger partial charge in [-0.1, -0.05) is 0 Å². The number of thiazole rings is 1. The smallest absolute Gasteiger partial charge is 0.367 e. The lowest BCUT2D eigenvalue weighted by molar-refractivity contribution is -0.162. The van der Waals surface area contributed by atoms with E-state index < -0.39 is 30.5 Å². The minimum absolute atomic E-state index is 0.0368. The van der Waals surface area contributed by atoms with Crippen LogP contribution in [0.1, 0.15) is 47.9 Å². The number of halogens is 5. The van der Waals surface area contributed by atoms with Gasteiger partial charge in [0, 0.05) is 30.6 Å². The fourth-order valence-corrected chi connectivity index (χ4v) is 5.13. The summed E-state index contributed by atoms with van der Waals surface area (Å²) in [7, 11) is 0. The van der Waals surface area contributed by atoms with Crippen molar-refractivity contribution >= 4 is 28.7 Å². The first-order valence-electron chi connectivity index (χ1n) is 12.4. The first-order chi connectivity index (χ1) is 19.1. The van der Waals surface area contributed by atoms with Crippen LogP contribution in [0.2, 0.25) is 0 Å². The van der Waals surface area contributed by atoms with E-state index in [0.29, 0.717) is 17.3 Å². The summed E-state index contributed by atoms with van der Waals surface area (Å²) in [5.41, 5.74) is 2.13. The van der Waals surface area contributed by atoms with Gasteiger partial charge in [0.05, 0.1) is 35.5 Å². The SMILES string of the molecule is C[C@H](n1cnnc1-c1nc(NC(=O)c2cc(-n3cnc(C4CC4)c3)c(N3CC(C(F)F)C3)cn2)cs1)C(F)(F)F. The molecular formula is C24H22F5N9OS. The van der Waals surface area contributed by atoms with Gasteiger partial charge in [-0.3, -0.25) is 9.36 Å². The average Bonchev–Trinajstić information content (AvgIpc) is 3.25. The predicted octanol–water partition coefficient (Wildman–Crippen LogP) is 4.94. The number of alkyl halides is 5. The maximum Gasteiger partial charge on any atom is 0.408 e. The van der Waals surface area contributed by atoms with Gasteiger partial charge < -0.3 is 14.8 Å². The van der Waals surface area contributed by atoms with Crippen LogP contribution in [0.15, 0.2) is 36.5 Å². The van der Waals surface area contributed by atoms with E-state index in [1.807, 2.05) is 6.20 Å². The van der Waals surface area contributed by atoms with Crippen LogP contribution in [-0.4, -0.2) is 65.9 Å². The van der Waals surface area contributed by atoms with Gasteiger partial charge >= 0.3 is 6.18 Å². The van der Waals surface area contributed by atoms with E-state index in [0.717, 1.165) is 47.7 Å². The van der Waals surface area contributed by atoms with Gasteiger partial charge in [0.25, 0.3) is 5.91 Å². The molecule has 1 atom stereocenters. The van der Waals surface area contributed by atoms with Crippen LogP contribution in [-0.2, 0) is 0 Å². The fraction of sp³-hybridized carbons (Fsp3) is 0.417. The number of rotatable bonds is 8. The molecule has 0 radical (unpaired) electrons. The van der Waals surface area contributed by atoms with Crippen LogP contribution >= 0.6 is 11.3 Å². The summed E-state index contributed by atoms with van der Waals surface area (Å²) < 4.78 is 68.5. The Morgan fingerprint density at radius 3 is 2.62 bits per heavy atom. The molecule has 4 aromatic rings. The molecule has 210 valence electrons. The Hall–Kier alpha value is -3.95. The van der Waals surface area contributed by atoms with Gasteiger partial charge in [-0.2, -0.15) is 13.2 Å². The van der Waals surface area contributed by atoms with E-state index in [2.05, 4.69) is 30.5 Å². The predicted molar refractivity (Wildman–Crippen MR) is 135 cm³/mol. The Balaban J connectivity index is 1.24. The third-order valence-corrected chi connectivity index (χ3v) is 7.82. The standard InChI is InChI=1S/C24H22F5N9OS/c1-12(24(27,28)29)38-11-32-35-21(38)23-34-19(9-40-23)33-22(39)15-4-17(37-8-16(31-10-37)13-2-3-13)18(5-30-15)36-6-14(7-36)20(25)26/h4-5,8-14,20H,2-3,6-7H2,1H3,(H,33,39)/t12-/m0/s1. The molecule has 16 heteroatoms. The van der Waals surface area contributed by atoms with Crippen LogP contribution in [0.5, 0.6) is 0 Å². The van der Waals surface area contributed by atoms with Gasteiger partial charge in [0.1, 0.15) is 23.9 Å². The average molecular weight is 580 g/mol. The Morgan fingerprint density at radius 2 is 1.93 bits per heavy atom. The van der Waals surface area contributed by atoms with E-state index in [-0.39, 0.29) is 35.4 Å². The van der Waals surface area contributed by atoms with Crippen molar-refractivity contribution in [1.29, 1.82) is 0 Å². The van der Waals surface area contributed by atoms with E-state index in [1.54, 1.807) is 21.9 Å². The minimum atomic E-state index is -4.51. The van der Waals surface area contributed by atoms with Crippen LogP contribution in [0, 0.1) is 5.92 Å². The van der Waals surface area contributed by atoms with Gasteiger partial charge in [0.15, 0.2) is 10.8 Å². The Labute approximate surface area is 227 Å². The maximum atomic E-state index is 13.2. The summed E-state index contributed by atoms with van der Waals surface area (Å²) in [6, 6.07) is -0.320. The lowest BCUT2D eigenvalue weighted by Gasteiger charge is -2.41. The monoisotopic (exact) mass is 579 g/mol. The third-order valence-electron chi connectivity index (χ3n) is 6.98. The van der Waals surface area contributed by atoms with Crippen molar-refractivity contribution in [2.45, 2.75) is 44.3 Å². The lowest BCUT2D eigenvalue weighted by atomic mass is 10.00. The lowest BCUT2D eigenvalue weighted by Crippen LogP contribution is -2.50. The maximum absolute atomic E-state index is 13.2. The molecule has 1 saturated heterocycles. The summed E-state index contributed by atoms with van der Waals surface area (Å²) >= 11 is 1.00. The van der Waals surface area contributed by atoms with E-state index in [1.165, 1.54) is 11.6 Å². The molecule has 0 spiro atoms. The largest absolute Gasteiger partial charge is 0.408 e. The fourth-order valence-electron chi connectivity index (χ4n) is 4.39.